The van der Waals surface area contributed by atoms with Crippen molar-refractivity contribution in [3.63, 3.8) is 0 Å². The Hall–Kier alpha value is -3.13. The van der Waals surface area contributed by atoms with E-state index in [1.54, 1.807) is 24.3 Å². The minimum absolute atomic E-state index is 0.0428. The van der Waals surface area contributed by atoms with Gasteiger partial charge in [0.1, 0.15) is 28.7 Å². The number of hydrogen-bond donors (Lipinski definition) is 3. The van der Waals surface area contributed by atoms with Crippen molar-refractivity contribution in [2.75, 3.05) is 11.1 Å². The fourth-order valence-electron chi connectivity index (χ4n) is 2.67. The summed E-state index contributed by atoms with van der Waals surface area (Å²) in [6, 6.07) is 9.09. The fourth-order valence-corrected chi connectivity index (χ4v) is 2.80. The zero-order valence-corrected chi connectivity index (χ0v) is 16.6. The highest BCUT2D eigenvalue weighted by Gasteiger charge is 2.22. The Morgan fingerprint density at radius 1 is 1.24 bits per heavy atom. The Labute approximate surface area is 171 Å². The molecular weight excluding hydrogens is 400 g/mol. The molecule has 29 heavy (non-hydrogen) atoms. The maximum Gasteiger partial charge on any atom is 0.319 e. The standard InChI is InChI=1S/C20H20ClF2N5O/c1-3-11(2)25-20(29)26-18-17(12-4-6-13(21)7-5-12)27-28(19(18)24)16-10-14(22)8-9-15(16)23/h4-11H,3,24H2,1-2H3,(H2,25,26,29)/t11-/m1/s1. The van der Waals surface area contributed by atoms with E-state index in [-0.39, 0.29) is 23.2 Å². The molecule has 152 valence electrons. The molecule has 1 heterocycles. The molecule has 9 heteroatoms. The first-order valence-corrected chi connectivity index (χ1v) is 9.35. The van der Waals surface area contributed by atoms with Crippen molar-refractivity contribution in [2.24, 2.45) is 0 Å². The van der Waals surface area contributed by atoms with Crippen LogP contribution in [-0.2, 0) is 0 Å². The number of hydrogen-bond acceptors (Lipinski definition) is 3. The summed E-state index contributed by atoms with van der Waals surface area (Å²) >= 11 is 5.95. The number of nitrogens with zero attached hydrogens (tertiary/aromatic N) is 2. The van der Waals surface area contributed by atoms with Crippen LogP contribution in [0.25, 0.3) is 16.9 Å². The molecule has 0 fully saturated rings. The number of benzene rings is 2. The summed E-state index contributed by atoms with van der Waals surface area (Å²) in [4.78, 5) is 12.4. The maximum absolute atomic E-state index is 14.3. The molecule has 0 bridgehead atoms. The van der Waals surface area contributed by atoms with Crippen LogP contribution in [0.3, 0.4) is 0 Å². The highest BCUT2D eigenvalue weighted by atomic mass is 35.5. The lowest BCUT2D eigenvalue weighted by molar-refractivity contribution is 0.249. The highest BCUT2D eigenvalue weighted by Crippen LogP contribution is 2.35. The Morgan fingerprint density at radius 3 is 2.59 bits per heavy atom. The van der Waals surface area contributed by atoms with Crippen molar-refractivity contribution in [3.05, 3.63) is 59.1 Å². The number of nitrogens with two attached hydrogens (primary N) is 1. The summed E-state index contributed by atoms with van der Waals surface area (Å²) in [6.45, 7) is 3.79. The molecule has 2 amide bonds. The molecule has 0 saturated carbocycles. The minimum atomic E-state index is -0.709. The van der Waals surface area contributed by atoms with E-state index in [1.165, 1.54) is 0 Å². The maximum atomic E-state index is 14.3. The number of aromatic nitrogens is 2. The first-order valence-electron chi connectivity index (χ1n) is 8.97. The van der Waals surface area contributed by atoms with Crippen LogP contribution in [0.1, 0.15) is 20.3 Å². The Bertz CT molecular complexity index is 1040. The predicted molar refractivity (Wildman–Crippen MR) is 110 cm³/mol. The Balaban J connectivity index is 2.11. The second-order valence-electron chi connectivity index (χ2n) is 6.53. The number of nitrogens with one attached hydrogen (secondary N) is 2. The van der Waals surface area contributed by atoms with Gasteiger partial charge >= 0.3 is 6.03 Å². The Kier molecular flexibility index (Phi) is 6.03. The summed E-state index contributed by atoms with van der Waals surface area (Å²) in [5, 5.41) is 10.3. The van der Waals surface area contributed by atoms with Crippen LogP contribution in [-0.4, -0.2) is 21.9 Å². The van der Waals surface area contributed by atoms with Gasteiger partial charge in [-0.2, -0.15) is 5.10 Å². The molecule has 4 N–H and O–H groups in total. The van der Waals surface area contributed by atoms with Gasteiger partial charge in [-0.15, -0.1) is 0 Å². The van der Waals surface area contributed by atoms with Crippen molar-refractivity contribution >= 4 is 29.1 Å². The first kappa shape index (κ1) is 20.6. The van der Waals surface area contributed by atoms with E-state index in [4.69, 9.17) is 17.3 Å². The molecule has 0 aliphatic rings. The van der Waals surface area contributed by atoms with Gasteiger partial charge in [0.2, 0.25) is 0 Å². The first-order chi connectivity index (χ1) is 13.8. The highest BCUT2D eigenvalue weighted by molar-refractivity contribution is 6.30. The summed E-state index contributed by atoms with van der Waals surface area (Å²) in [6.07, 6.45) is 0.737. The third-order valence-corrected chi connectivity index (χ3v) is 4.66. The van der Waals surface area contributed by atoms with Crippen LogP contribution in [0, 0.1) is 11.6 Å². The number of carbonyl (C=O) groups excluding carboxylic acids is 1. The largest absolute Gasteiger partial charge is 0.382 e. The van der Waals surface area contributed by atoms with Gasteiger partial charge in [0.15, 0.2) is 5.82 Å². The number of urea groups is 1. The van der Waals surface area contributed by atoms with Crippen molar-refractivity contribution < 1.29 is 13.6 Å². The van der Waals surface area contributed by atoms with E-state index in [0.29, 0.717) is 16.3 Å². The van der Waals surface area contributed by atoms with E-state index < -0.39 is 17.7 Å². The zero-order chi connectivity index (χ0) is 21.1. The minimum Gasteiger partial charge on any atom is -0.382 e. The van der Waals surface area contributed by atoms with Crippen LogP contribution >= 0.6 is 11.6 Å². The fraction of sp³-hybridized carbons (Fsp3) is 0.200. The number of nitrogen functional groups attached to an aromatic ring is 1. The molecule has 0 spiro atoms. The lowest BCUT2D eigenvalue weighted by atomic mass is 10.1. The van der Waals surface area contributed by atoms with Gasteiger partial charge in [-0.05, 0) is 37.6 Å². The average molecular weight is 420 g/mol. The van der Waals surface area contributed by atoms with Crippen LogP contribution in [0.4, 0.5) is 25.1 Å². The van der Waals surface area contributed by atoms with Crippen molar-refractivity contribution in [1.29, 1.82) is 0 Å². The van der Waals surface area contributed by atoms with Crippen LogP contribution in [0.5, 0.6) is 0 Å². The van der Waals surface area contributed by atoms with E-state index in [0.717, 1.165) is 29.3 Å². The van der Waals surface area contributed by atoms with E-state index in [9.17, 15) is 13.6 Å². The molecule has 0 aliphatic carbocycles. The van der Waals surface area contributed by atoms with Crippen molar-refractivity contribution in [1.82, 2.24) is 15.1 Å². The SMILES string of the molecule is CC[C@@H](C)NC(=O)Nc1c(-c2ccc(Cl)cc2)nn(-c2cc(F)ccc2F)c1N. The zero-order valence-electron chi connectivity index (χ0n) is 15.8. The molecule has 0 aliphatic heterocycles. The molecule has 0 saturated heterocycles. The normalized spacial score (nSPS) is 11.9. The molecule has 6 nitrogen and oxygen atoms in total. The monoisotopic (exact) mass is 419 g/mol. The molecule has 1 atom stereocenters. The number of amides is 2. The van der Waals surface area contributed by atoms with Gasteiger partial charge in [-0.3, -0.25) is 0 Å². The molecular formula is C20H20ClF2N5O. The molecule has 3 aromatic rings. The molecule has 0 radical (unpaired) electrons. The van der Waals surface area contributed by atoms with Gasteiger partial charge in [0.05, 0.1) is 0 Å². The molecule has 3 rings (SSSR count). The average Bonchev–Trinajstić information content (AvgIpc) is 3.00. The van der Waals surface area contributed by atoms with E-state index in [2.05, 4.69) is 15.7 Å². The number of halogens is 3. The second kappa shape index (κ2) is 8.48. The lowest BCUT2D eigenvalue weighted by Gasteiger charge is -2.13. The number of carbonyl (C=O) groups is 1. The van der Waals surface area contributed by atoms with Crippen molar-refractivity contribution in [3.8, 4) is 16.9 Å². The lowest BCUT2D eigenvalue weighted by Crippen LogP contribution is -2.35. The van der Waals surface area contributed by atoms with E-state index >= 15 is 0 Å². The van der Waals surface area contributed by atoms with E-state index in [1.807, 2.05) is 13.8 Å². The summed E-state index contributed by atoms with van der Waals surface area (Å²) < 4.78 is 29.1. The van der Waals surface area contributed by atoms with Gasteiger partial charge in [0, 0.05) is 22.7 Å². The van der Waals surface area contributed by atoms with Crippen LogP contribution < -0.4 is 16.4 Å². The summed E-state index contributed by atoms with van der Waals surface area (Å²) in [7, 11) is 0. The van der Waals surface area contributed by atoms with Gasteiger partial charge in [-0.25, -0.2) is 18.3 Å². The quantitative estimate of drug-likeness (QED) is 0.545. The van der Waals surface area contributed by atoms with Gasteiger partial charge in [-0.1, -0.05) is 30.7 Å². The molecule has 0 unspecified atom stereocenters. The van der Waals surface area contributed by atoms with Gasteiger partial charge in [0.25, 0.3) is 0 Å². The van der Waals surface area contributed by atoms with Crippen molar-refractivity contribution in [2.45, 2.75) is 26.3 Å². The predicted octanol–water partition coefficient (Wildman–Crippen LogP) is 4.97. The molecule has 2 aromatic carbocycles. The summed E-state index contributed by atoms with van der Waals surface area (Å²) in [5.41, 5.74) is 7.07. The molecule has 1 aromatic heterocycles. The van der Waals surface area contributed by atoms with Crippen LogP contribution in [0.2, 0.25) is 5.02 Å². The third-order valence-electron chi connectivity index (χ3n) is 4.40. The van der Waals surface area contributed by atoms with Crippen LogP contribution in [0.15, 0.2) is 42.5 Å². The third kappa shape index (κ3) is 4.48. The topological polar surface area (TPSA) is 85.0 Å². The number of anilines is 2. The van der Waals surface area contributed by atoms with Gasteiger partial charge < -0.3 is 16.4 Å². The summed E-state index contributed by atoms with van der Waals surface area (Å²) in [5.74, 6) is -1.40. The number of rotatable bonds is 5. The Morgan fingerprint density at radius 2 is 1.93 bits per heavy atom. The second-order valence-corrected chi connectivity index (χ2v) is 6.97. The smallest absolute Gasteiger partial charge is 0.319 e.